The molecule has 90 valence electrons. The molecular formula is C12H20O3Sn. The Bertz CT molecular complexity index is 369. The second-order valence-electron chi connectivity index (χ2n) is 4.77. The van der Waals surface area contributed by atoms with Crippen LogP contribution in [0.15, 0.2) is 12.1 Å². The van der Waals surface area contributed by atoms with Crippen LogP contribution in [0.5, 0.6) is 11.5 Å². The van der Waals surface area contributed by atoms with Crippen LogP contribution in [0.25, 0.3) is 0 Å². The molecule has 3 nitrogen and oxygen atoms in total. The molecule has 0 amide bonds. The fraction of sp³-hybridized carbons (Fsp3) is 0.500. The van der Waals surface area contributed by atoms with Gasteiger partial charge in [0.05, 0.1) is 0 Å². The number of aliphatic hydroxyl groups excluding tert-OH is 1. The Hall–Kier alpha value is -0.421. The molecule has 0 aliphatic rings. The molecule has 0 saturated carbocycles. The summed E-state index contributed by atoms with van der Waals surface area (Å²) >= 11 is -2.22. The molecule has 0 bridgehead atoms. The first-order valence-electron chi connectivity index (χ1n) is 5.30. The fourth-order valence-electron chi connectivity index (χ4n) is 1.75. The summed E-state index contributed by atoms with van der Waals surface area (Å²) < 4.78 is 11.8. The quantitative estimate of drug-likeness (QED) is 0.855. The van der Waals surface area contributed by atoms with Gasteiger partial charge in [-0.15, -0.1) is 0 Å². The van der Waals surface area contributed by atoms with Crippen molar-refractivity contribution in [3.63, 3.8) is 0 Å². The van der Waals surface area contributed by atoms with E-state index in [2.05, 4.69) is 14.8 Å². The standard InChI is InChI=1S/C9H11O3.3CH3.Sn/c1-11-8-4-3-7(6-10)5-9(8)12-2;;;;/h4-5,10H,6H2,1-2H3;3*1H3;. The van der Waals surface area contributed by atoms with Crippen molar-refractivity contribution >= 4 is 22.0 Å². The number of benzene rings is 1. The van der Waals surface area contributed by atoms with E-state index >= 15 is 0 Å². The molecule has 0 atom stereocenters. The van der Waals surface area contributed by atoms with Crippen molar-refractivity contribution in [1.82, 2.24) is 0 Å². The third-order valence-electron chi connectivity index (χ3n) is 2.59. The number of aliphatic hydroxyl groups is 1. The maximum absolute atomic E-state index is 9.40. The second-order valence-corrected chi connectivity index (χ2v) is 19.2. The molecule has 0 saturated heterocycles. The number of hydrogen-bond acceptors (Lipinski definition) is 3. The summed E-state index contributed by atoms with van der Waals surface area (Å²) in [6.45, 7) is 0.0594. The first-order chi connectivity index (χ1) is 7.43. The number of rotatable bonds is 4. The third kappa shape index (κ3) is 2.82. The van der Waals surface area contributed by atoms with Crippen LogP contribution in [-0.4, -0.2) is 37.7 Å². The summed E-state index contributed by atoms with van der Waals surface area (Å²) in [5, 5.41) is 9.40. The summed E-state index contributed by atoms with van der Waals surface area (Å²) in [7, 11) is 3.25. The van der Waals surface area contributed by atoms with Crippen molar-refractivity contribution in [2.24, 2.45) is 0 Å². The summed E-state index contributed by atoms with van der Waals surface area (Å²) in [6.07, 6.45) is 0. The van der Waals surface area contributed by atoms with Gasteiger partial charge >= 0.3 is 101 Å². The van der Waals surface area contributed by atoms with E-state index in [4.69, 9.17) is 9.47 Å². The molecule has 16 heavy (non-hydrogen) atoms. The molecular weight excluding hydrogens is 311 g/mol. The van der Waals surface area contributed by atoms with Crippen LogP contribution in [0.3, 0.4) is 0 Å². The van der Waals surface area contributed by atoms with E-state index in [0.29, 0.717) is 5.75 Å². The molecule has 0 aliphatic carbocycles. The number of methoxy groups -OCH3 is 2. The molecule has 1 N–H and O–H groups in total. The van der Waals surface area contributed by atoms with Gasteiger partial charge in [-0.2, -0.15) is 0 Å². The van der Waals surface area contributed by atoms with Crippen LogP contribution >= 0.6 is 0 Å². The van der Waals surface area contributed by atoms with E-state index < -0.39 is 18.4 Å². The average molecular weight is 331 g/mol. The Labute approximate surface area is 101 Å². The molecule has 0 radical (unpaired) electrons. The number of ether oxygens (including phenoxy) is 2. The van der Waals surface area contributed by atoms with Crippen LogP contribution in [0, 0.1) is 0 Å². The minimum atomic E-state index is -2.22. The summed E-state index contributed by atoms with van der Waals surface area (Å²) in [5.41, 5.74) is 0.973. The molecule has 1 aromatic rings. The van der Waals surface area contributed by atoms with Crippen LogP contribution in [0.1, 0.15) is 5.56 Å². The first-order valence-corrected chi connectivity index (χ1v) is 15.3. The van der Waals surface area contributed by atoms with Gasteiger partial charge < -0.3 is 0 Å². The van der Waals surface area contributed by atoms with E-state index in [1.807, 2.05) is 12.1 Å². The normalized spacial score (nSPS) is 11.4. The minimum absolute atomic E-state index is 0.0594. The summed E-state index contributed by atoms with van der Waals surface area (Å²) in [5.74, 6) is 1.44. The zero-order valence-corrected chi connectivity index (χ0v) is 13.5. The Kier molecular flexibility index (Phi) is 4.50. The van der Waals surface area contributed by atoms with Gasteiger partial charge in [-0.1, -0.05) is 0 Å². The Morgan fingerprint density at radius 2 is 1.56 bits per heavy atom. The van der Waals surface area contributed by atoms with Crippen molar-refractivity contribution in [3.8, 4) is 11.5 Å². The van der Waals surface area contributed by atoms with Gasteiger partial charge in [-0.25, -0.2) is 0 Å². The van der Waals surface area contributed by atoms with Gasteiger partial charge in [-0.3, -0.25) is 0 Å². The predicted molar refractivity (Wildman–Crippen MR) is 68.4 cm³/mol. The summed E-state index contributed by atoms with van der Waals surface area (Å²) in [6, 6.07) is 3.91. The molecule has 0 aliphatic heterocycles. The molecule has 1 rings (SSSR count). The van der Waals surface area contributed by atoms with Crippen LogP contribution in [0.2, 0.25) is 14.8 Å². The van der Waals surface area contributed by atoms with E-state index in [0.717, 1.165) is 11.3 Å². The topological polar surface area (TPSA) is 38.7 Å². The van der Waals surface area contributed by atoms with Crippen molar-refractivity contribution in [2.45, 2.75) is 21.4 Å². The molecule has 4 heteroatoms. The second kappa shape index (κ2) is 5.27. The van der Waals surface area contributed by atoms with E-state index in [-0.39, 0.29) is 6.61 Å². The van der Waals surface area contributed by atoms with Gasteiger partial charge in [0, 0.05) is 0 Å². The van der Waals surface area contributed by atoms with Crippen molar-refractivity contribution in [1.29, 1.82) is 0 Å². The summed E-state index contributed by atoms with van der Waals surface area (Å²) in [4.78, 5) is 6.94. The van der Waals surface area contributed by atoms with Crippen molar-refractivity contribution in [2.75, 3.05) is 14.2 Å². The van der Waals surface area contributed by atoms with Crippen molar-refractivity contribution < 1.29 is 14.6 Å². The average Bonchev–Trinajstić information content (AvgIpc) is 2.25. The van der Waals surface area contributed by atoms with Crippen LogP contribution in [0.4, 0.5) is 0 Å². The Morgan fingerprint density at radius 3 is 1.94 bits per heavy atom. The predicted octanol–water partition coefficient (Wildman–Crippen LogP) is 1.74. The fourth-order valence-corrected chi connectivity index (χ4v) is 6.54. The van der Waals surface area contributed by atoms with Gasteiger partial charge in [-0.05, 0) is 0 Å². The Balaban J connectivity index is 3.38. The van der Waals surface area contributed by atoms with Gasteiger partial charge in [0.15, 0.2) is 0 Å². The zero-order chi connectivity index (χ0) is 12.3. The van der Waals surface area contributed by atoms with Crippen LogP contribution < -0.4 is 13.1 Å². The maximum atomic E-state index is 9.40. The van der Waals surface area contributed by atoms with Crippen molar-refractivity contribution in [3.05, 3.63) is 17.7 Å². The monoisotopic (exact) mass is 332 g/mol. The van der Waals surface area contributed by atoms with E-state index in [9.17, 15) is 5.11 Å². The first kappa shape index (κ1) is 13.6. The van der Waals surface area contributed by atoms with Gasteiger partial charge in [0.2, 0.25) is 0 Å². The third-order valence-corrected chi connectivity index (χ3v) is 8.53. The van der Waals surface area contributed by atoms with E-state index in [1.54, 1.807) is 14.2 Å². The molecule has 0 unspecified atom stereocenters. The molecule has 0 aromatic heterocycles. The van der Waals surface area contributed by atoms with Crippen LogP contribution in [-0.2, 0) is 6.61 Å². The number of hydrogen-bond donors (Lipinski definition) is 1. The molecule has 0 spiro atoms. The molecule has 1 aromatic carbocycles. The molecule has 0 fully saturated rings. The van der Waals surface area contributed by atoms with Gasteiger partial charge in [0.25, 0.3) is 0 Å². The van der Waals surface area contributed by atoms with Gasteiger partial charge in [0.1, 0.15) is 0 Å². The Morgan fingerprint density at radius 1 is 1.06 bits per heavy atom. The SMILES string of the molecule is COc1cc(CO)[c]([Sn]([CH3])([CH3])[CH3])cc1OC. The zero-order valence-electron chi connectivity index (χ0n) is 10.6. The molecule has 0 heterocycles. The van der Waals surface area contributed by atoms with E-state index in [1.165, 1.54) is 3.58 Å².